The summed E-state index contributed by atoms with van der Waals surface area (Å²) in [5.41, 5.74) is 0.0989. The van der Waals surface area contributed by atoms with E-state index in [1.54, 1.807) is 10.9 Å². The summed E-state index contributed by atoms with van der Waals surface area (Å²) in [5.74, 6) is 0.555. The Morgan fingerprint density at radius 3 is 3.35 bits per heavy atom. The van der Waals surface area contributed by atoms with E-state index >= 15 is 0 Å². The molecule has 1 saturated heterocycles. The van der Waals surface area contributed by atoms with E-state index in [0.29, 0.717) is 5.92 Å². The fourth-order valence-corrected chi connectivity index (χ4v) is 3.10. The molecule has 1 aliphatic heterocycles. The lowest BCUT2D eigenvalue weighted by atomic mass is 10.00. The van der Waals surface area contributed by atoms with Crippen molar-refractivity contribution in [1.82, 2.24) is 14.9 Å². The number of rotatable bonds is 2. The van der Waals surface area contributed by atoms with Gasteiger partial charge in [-0.1, -0.05) is 0 Å². The minimum atomic E-state index is 0.0989. The summed E-state index contributed by atoms with van der Waals surface area (Å²) < 4.78 is 1.76. The third-order valence-electron chi connectivity index (χ3n) is 3.30. The number of aromatic nitrogens is 2. The van der Waals surface area contributed by atoms with Crippen molar-refractivity contribution in [2.24, 2.45) is 5.92 Å². The number of hydrogen-bond donors (Lipinski definition) is 1. The fourth-order valence-electron chi connectivity index (χ4n) is 2.38. The monoisotopic (exact) mass is 249 g/mol. The zero-order valence-electron chi connectivity index (χ0n) is 9.56. The standard InChI is InChI=1S/C12H15N3OS/c16-12-10-3-5-17-11(10)14-8-15(12)7-9-2-1-4-13-6-9/h3,5,8-9,13H,1-2,4,6-7H2. The Morgan fingerprint density at radius 2 is 2.53 bits per heavy atom. The molecule has 3 rings (SSSR count). The van der Waals surface area contributed by atoms with Crippen molar-refractivity contribution >= 4 is 21.6 Å². The lowest BCUT2D eigenvalue weighted by Gasteiger charge is -2.23. The van der Waals surface area contributed by atoms with Crippen molar-refractivity contribution in [3.8, 4) is 0 Å². The second-order valence-corrected chi connectivity index (χ2v) is 5.45. The topological polar surface area (TPSA) is 46.9 Å². The molecular weight excluding hydrogens is 234 g/mol. The smallest absolute Gasteiger partial charge is 0.262 e. The molecule has 0 radical (unpaired) electrons. The summed E-state index contributed by atoms with van der Waals surface area (Å²) in [6.45, 7) is 2.89. The Hall–Kier alpha value is -1.20. The van der Waals surface area contributed by atoms with Crippen LogP contribution in [-0.2, 0) is 6.54 Å². The minimum absolute atomic E-state index is 0.0989. The first-order chi connectivity index (χ1) is 8.34. The van der Waals surface area contributed by atoms with E-state index in [4.69, 9.17) is 0 Å². The highest BCUT2D eigenvalue weighted by Gasteiger charge is 2.15. The van der Waals surface area contributed by atoms with Crippen molar-refractivity contribution in [2.45, 2.75) is 19.4 Å². The maximum absolute atomic E-state index is 12.2. The molecule has 0 aliphatic carbocycles. The Labute approximate surface area is 103 Å². The normalized spacial score (nSPS) is 20.8. The van der Waals surface area contributed by atoms with Gasteiger partial charge in [-0.05, 0) is 43.3 Å². The van der Waals surface area contributed by atoms with Gasteiger partial charge in [0.05, 0.1) is 11.7 Å². The lowest BCUT2D eigenvalue weighted by Crippen LogP contribution is -2.34. The Bertz CT molecular complexity index is 568. The van der Waals surface area contributed by atoms with Crippen LogP contribution in [0.1, 0.15) is 12.8 Å². The molecule has 1 fully saturated rings. The molecule has 2 aromatic rings. The number of hydrogen-bond acceptors (Lipinski definition) is 4. The van der Waals surface area contributed by atoms with Gasteiger partial charge in [0, 0.05) is 6.54 Å². The molecule has 0 saturated carbocycles. The predicted octanol–water partition coefficient (Wildman–Crippen LogP) is 1.46. The number of piperidine rings is 1. The minimum Gasteiger partial charge on any atom is -0.316 e. The zero-order chi connectivity index (χ0) is 11.7. The van der Waals surface area contributed by atoms with Crippen LogP contribution in [0.4, 0.5) is 0 Å². The summed E-state index contributed by atoms with van der Waals surface area (Å²) in [6, 6.07) is 1.87. The van der Waals surface area contributed by atoms with Crippen LogP contribution in [0.25, 0.3) is 10.2 Å². The molecule has 17 heavy (non-hydrogen) atoms. The van der Waals surface area contributed by atoms with Crippen LogP contribution >= 0.6 is 11.3 Å². The lowest BCUT2D eigenvalue weighted by molar-refractivity contribution is 0.333. The maximum atomic E-state index is 12.2. The quantitative estimate of drug-likeness (QED) is 0.876. The van der Waals surface area contributed by atoms with E-state index in [9.17, 15) is 4.79 Å². The van der Waals surface area contributed by atoms with E-state index < -0.39 is 0 Å². The number of fused-ring (bicyclic) bond motifs is 1. The first-order valence-corrected chi connectivity index (χ1v) is 6.86. The van der Waals surface area contributed by atoms with Crippen molar-refractivity contribution in [1.29, 1.82) is 0 Å². The zero-order valence-corrected chi connectivity index (χ0v) is 10.4. The van der Waals surface area contributed by atoms with Crippen LogP contribution in [-0.4, -0.2) is 22.6 Å². The second kappa shape index (κ2) is 4.58. The average molecular weight is 249 g/mol. The van der Waals surface area contributed by atoms with Crippen LogP contribution in [0, 0.1) is 5.92 Å². The molecule has 1 unspecified atom stereocenters. The molecule has 4 nitrogen and oxygen atoms in total. The van der Waals surface area contributed by atoms with Gasteiger partial charge >= 0.3 is 0 Å². The van der Waals surface area contributed by atoms with Gasteiger partial charge < -0.3 is 5.32 Å². The molecule has 0 aromatic carbocycles. The fraction of sp³-hybridized carbons (Fsp3) is 0.500. The van der Waals surface area contributed by atoms with Gasteiger partial charge in [0.1, 0.15) is 4.83 Å². The SMILES string of the molecule is O=c1c2ccsc2ncn1CC1CCCNC1. The molecule has 0 amide bonds. The van der Waals surface area contributed by atoms with Crippen LogP contribution < -0.4 is 10.9 Å². The molecule has 3 heterocycles. The molecule has 1 N–H and O–H groups in total. The van der Waals surface area contributed by atoms with Crippen molar-refractivity contribution < 1.29 is 0 Å². The molecule has 2 aromatic heterocycles. The van der Waals surface area contributed by atoms with Crippen LogP contribution in [0.5, 0.6) is 0 Å². The van der Waals surface area contributed by atoms with Gasteiger partial charge in [0.2, 0.25) is 0 Å². The van der Waals surface area contributed by atoms with E-state index in [1.807, 2.05) is 11.4 Å². The molecular formula is C12H15N3OS. The van der Waals surface area contributed by atoms with Crippen LogP contribution in [0.2, 0.25) is 0 Å². The van der Waals surface area contributed by atoms with E-state index in [0.717, 1.165) is 29.9 Å². The van der Waals surface area contributed by atoms with Crippen molar-refractivity contribution in [3.63, 3.8) is 0 Å². The van der Waals surface area contributed by atoms with Gasteiger partial charge in [0.15, 0.2) is 0 Å². The summed E-state index contributed by atoms with van der Waals surface area (Å²) >= 11 is 1.52. The molecule has 0 bridgehead atoms. The Balaban J connectivity index is 1.89. The summed E-state index contributed by atoms with van der Waals surface area (Å²) in [7, 11) is 0. The highest BCUT2D eigenvalue weighted by molar-refractivity contribution is 7.16. The number of nitrogens with zero attached hydrogens (tertiary/aromatic N) is 2. The van der Waals surface area contributed by atoms with E-state index in [2.05, 4.69) is 10.3 Å². The molecule has 5 heteroatoms. The molecule has 1 aliphatic rings. The summed E-state index contributed by atoms with van der Waals surface area (Å²) in [4.78, 5) is 17.3. The maximum Gasteiger partial charge on any atom is 0.262 e. The first kappa shape index (κ1) is 10.9. The molecule has 1 atom stereocenters. The van der Waals surface area contributed by atoms with Crippen LogP contribution in [0.15, 0.2) is 22.6 Å². The molecule has 0 spiro atoms. The second-order valence-electron chi connectivity index (χ2n) is 4.55. The van der Waals surface area contributed by atoms with Gasteiger partial charge in [0.25, 0.3) is 5.56 Å². The number of thiophene rings is 1. The number of nitrogens with one attached hydrogen (secondary N) is 1. The first-order valence-electron chi connectivity index (χ1n) is 5.98. The highest BCUT2D eigenvalue weighted by Crippen LogP contribution is 2.15. The summed E-state index contributed by atoms with van der Waals surface area (Å²) in [5, 5.41) is 6.05. The summed E-state index contributed by atoms with van der Waals surface area (Å²) in [6.07, 6.45) is 4.09. The van der Waals surface area contributed by atoms with Gasteiger partial charge in [-0.3, -0.25) is 9.36 Å². The Kier molecular flexibility index (Phi) is 2.94. The van der Waals surface area contributed by atoms with Crippen molar-refractivity contribution in [3.05, 3.63) is 28.1 Å². The molecule has 90 valence electrons. The van der Waals surface area contributed by atoms with Crippen molar-refractivity contribution in [2.75, 3.05) is 13.1 Å². The Morgan fingerprint density at radius 1 is 1.59 bits per heavy atom. The van der Waals surface area contributed by atoms with E-state index in [1.165, 1.54) is 24.2 Å². The largest absolute Gasteiger partial charge is 0.316 e. The third kappa shape index (κ3) is 2.12. The van der Waals surface area contributed by atoms with E-state index in [-0.39, 0.29) is 5.56 Å². The van der Waals surface area contributed by atoms with Gasteiger partial charge in [-0.25, -0.2) is 4.98 Å². The third-order valence-corrected chi connectivity index (χ3v) is 4.13. The highest BCUT2D eigenvalue weighted by atomic mass is 32.1. The average Bonchev–Trinajstić information content (AvgIpc) is 2.83. The van der Waals surface area contributed by atoms with Gasteiger partial charge in [-0.2, -0.15) is 0 Å². The predicted molar refractivity (Wildman–Crippen MR) is 69.5 cm³/mol. The van der Waals surface area contributed by atoms with Gasteiger partial charge in [-0.15, -0.1) is 11.3 Å². The van der Waals surface area contributed by atoms with Crippen LogP contribution in [0.3, 0.4) is 0 Å².